The van der Waals surface area contributed by atoms with Gasteiger partial charge < -0.3 is 10.1 Å². The molecule has 0 saturated heterocycles. The molecule has 0 aliphatic rings. The van der Waals surface area contributed by atoms with Crippen molar-refractivity contribution >= 4 is 23.5 Å². The van der Waals surface area contributed by atoms with Gasteiger partial charge in [-0.05, 0) is 37.6 Å². The van der Waals surface area contributed by atoms with Crippen LogP contribution in [0.1, 0.15) is 22.5 Å². The summed E-state index contributed by atoms with van der Waals surface area (Å²) < 4.78 is 5.12. The van der Waals surface area contributed by atoms with Crippen LogP contribution in [0.5, 0.6) is 0 Å². The van der Waals surface area contributed by atoms with Gasteiger partial charge in [-0.3, -0.25) is 4.79 Å². The van der Waals surface area contributed by atoms with Crippen LogP contribution < -0.4 is 5.32 Å². The van der Waals surface area contributed by atoms with E-state index in [-0.39, 0.29) is 11.7 Å². The minimum atomic E-state index is -0.196. The van der Waals surface area contributed by atoms with Gasteiger partial charge in [-0.1, -0.05) is 17.8 Å². The zero-order chi connectivity index (χ0) is 17.5. The fourth-order valence-electron chi connectivity index (χ4n) is 2.13. The summed E-state index contributed by atoms with van der Waals surface area (Å²) in [6.45, 7) is 4.04. The van der Waals surface area contributed by atoms with Crippen molar-refractivity contribution in [3.63, 3.8) is 0 Å². The lowest BCUT2D eigenvalue weighted by Gasteiger charge is -2.10. The second kappa shape index (κ2) is 8.43. The van der Waals surface area contributed by atoms with E-state index in [1.807, 2.05) is 32.0 Å². The molecule has 0 aliphatic carbocycles. The standard InChI is InChI=1S/C17H18N4O2S/c1-11-5-4-6-15(19-11)21-16(22)10-24-17-14(8-18)13(9-23-3)7-12(2)20-17/h4-7H,9-10H2,1-3H3,(H,19,21,22). The predicted molar refractivity (Wildman–Crippen MR) is 92.7 cm³/mol. The van der Waals surface area contributed by atoms with Crippen molar-refractivity contribution in [2.24, 2.45) is 0 Å². The van der Waals surface area contributed by atoms with Gasteiger partial charge >= 0.3 is 0 Å². The molecule has 1 amide bonds. The van der Waals surface area contributed by atoms with E-state index in [0.29, 0.717) is 23.0 Å². The van der Waals surface area contributed by atoms with Crippen LogP contribution in [0, 0.1) is 25.2 Å². The van der Waals surface area contributed by atoms with Crippen molar-refractivity contribution in [2.75, 3.05) is 18.2 Å². The van der Waals surface area contributed by atoms with Crippen molar-refractivity contribution in [3.8, 4) is 6.07 Å². The summed E-state index contributed by atoms with van der Waals surface area (Å²) in [6, 6.07) is 9.40. The van der Waals surface area contributed by atoms with Crippen LogP contribution in [0.3, 0.4) is 0 Å². The number of nitrogens with one attached hydrogen (secondary N) is 1. The molecule has 0 unspecified atom stereocenters. The minimum absolute atomic E-state index is 0.146. The van der Waals surface area contributed by atoms with Crippen LogP contribution in [0.2, 0.25) is 0 Å². The normalized spacial score (nSPS) is 10.2. The number of thioether (sulfide) groups is 1. The van der Waals surface area contributed by atoms with Gasteiger partial charge in [0.2, 0.25) is 5.91 Å². The first-order valence-corrected chi connectivity index (χ1v) is 8.28. The first kappa shape index (κ1) is 17.9. The van der Waals surface area contributed by atoms with E-state index in [9.17, 15) is 10.1 Å². The average Bonchev–Trinajstić information content (AvgIpc) is 2.53. The average molecular weight is 342 g/mol. The van der Waals surface area contributed by atoms with E-state index in [1.165, 1.54) is 11.8 Å². The van der Waals surface area contributed by atoms with Gasteiger partial charge in [0, 0.05) is 18.5 Å². The van der Waals surface area contributed by atoms with E-state index < -0.39 is 0 Å². The molecule has 0 fully saturated rings. The maximum atomic E-state index is 12.1. The monoisotopic (exact) mass is 342 g/mol. The Morgan fingerprint density at radius 2 is 2.12 bits per heavy atom. The summed E-state index contributed by atoms with van der Waals surface area (Å²) in [5.74, 6) is 0.463. The second-order valence-corrected chi connectivity index (χ2v) is 6.11. The number of nitriles is 1. The molecule has 2 aromatic heterocycles. The molecule has 2 aromatic rings. The number of aryl methyl sites for hydroxylation is 2. The number of amides is 1. The summed E-state index contributed by atoms with van der Waals surface area (Å²) in [4.78, 5) is 20.7. The molecule has 0 aromatic carbocycles. The van der Waals surface area contributed by atoms with Gasteiger partial charge in [0.15, 0.2) is 0 Å². The Kier molecular flexibility index (Phi) is 6.29. The third kappa shape index (κ3) is 4.78. The van der Waals surface area contributed by atoms with Gasteiger partial charge in [0.1, 0.15) is 16.9 Å². The van der Waals surface area contributed by atoms with E-state index in [0.717, 1.165) is 17.0 Å². The van der Waals surface area contributed by atoms with Crippen LogP contribution in [0.25, 0.3) is 0 Å². The molecule has 1 N–H and O–H groups in total. The van der Waals surface area contributed by atoms with Gasteiger partial charge in [-0.25, -0.2) is 9.97 Å². The van der Waals surface area contributed by atoms with Gasteiger partial charge in [-0.15, -0.1) is 0 Å². The first-order valence-electron chi connectivity index (χ1n) is 7.29. The SMILES string of the molecule is COCc1cc(C)nc(SCC(=O)Nc2cccc(C)n2)c1C#N. The van der Waals surface area contributed by atoms with E-state index >= 15 is 0 Å². The number of hydrogen-bond acceptors (Lipinski definition) is 6. The number of anilines is 1. The van der Waals surface area contributed by atoms with Gasteiger partial charge in [0.25, 0.3) is 0 Å². The number of carbonyl (C=O) groups is 1. The number of nitrogens with zero attached hydrogens (tertiary/aromatic N) is 3. The highest BCUT2D eigenvalue weighted by Crippen LogP contribution is 2.24. The Hall–Kier alpha value is -2.43. The highest BCUT2D eigenvalue weighted by Gasteiger charge is 2.14. The third-order valence-corrected chi connectivity index (χ3v) is 4.08. The lowest BCUT2D eigenvalue weighted by atomic mass is 10.1. The van der Waals surface area contributed by atoms with Crippen LogP contribution in [-0.2, 0) is 16.1 Å². The number of carbonyl (C=O) groups excluding carboxylic acids is 1. The quantitative estimate of drug-likeness (QED) is 0.812. The van der Waals surface area contributed by atoms with Crippen LogP contribution in [0.15, 0.2) is 29.3 Å². The smallest absolute Gasteiger partial charge is 0.235 e. The molecule has 124 valence electrons. The van der Waals surface area contributed by atoms with Gasteiger partial charge in [0.05, 0.1) is 17.9 Å². The summed E-state index contributed by atoms with van der Waals surface area (Å²) in [5.41, 5.74) is 2.84. The largest absolute Gasteiger partial charge is 0.380 e. The zero-order valence-electron chi connectivity index (χ0n) is 13.8. The summed E-state index contributed by atoms with van der Waals surface area (Å²) in [7, 11) is 1.58. The van der Waals surface area contributed by atoms with Crippen molar-refractivity contribution < 1.29 is 9.53 Å². The number of aromatic nitrogens is 2. The van der Waals surface area contributed by atoms with Crippen molar-refractivity contribution in [1.82, 2.24) is 9.97 Å². The fraction of sp³-hybridized carbons (Fsp3) is 0.294. The van der Waals surface area contributed by atoms with Crippen LogP contribution >= 0.6 is 11.8 Å². The van der Waals surface area contributed by atoms with Crippen molar-refractivity contribution in [1.29, 1.82) is 5.26 Å². The van der Waals surface area contributed by atoms with E-state index in [2.05, 4.69) is 21.4 Å². The van der Waals surface area contributed by atoms with Crippen LogP contribution in [0.4, 0.5) is 5.82 Å². The van der Waals surface area contributed by atoms with Crippen molar-refractivity contribution in [2.45, 2.75) is 25.5 Å². The predicted octanol–water partition coefficient (Wildman–Crippen LogP) is 2.84. The second-order valence-electron chi connectivity index (χ2n) is 5.15. The number of hydrogen-bond donors (Lipinski definition) is 1. The Morgan fingerprint density at radius 3 is 2.79 bits per heavy atom. The molecular formula is C17H18N4O2S. The van der Waals surface area contributed by atoms with E-state index in [1.54, 1.807) is 13.2 Å². The molecule has 2 rings (SSSR count). The highest BCUT2D eigenvalue weighted by atomic mass is 32.2. The topological polar surface area (TPSA) is 87.9 Å². The summed E-state index contributed by atoms with van der Waals surface area (Å²) >= 11 is 1.23. The Bertz CT molecular complexity index is 787. The lowest BCUT2D eigenvalue weighted by molar-refractivity contribution is -0.113. The molecule has 0 atom stereocenters. The molecule has 2 heterocycles. The van der Waals surface area contributed by atoms with E-state index in [4.69, 9.17) is 4.74 Å². The zero-order valence-corrected chi connectivity index (χ0v) is 14.6. The molecule has 0 bridgehead atoms. The Labute approximate surface area is 145 Å². The maximum Gasteiger partial charge on any atom is 0.235 e. The Balaban J connectivity index is 2.08. The summed E-state index contributed by atoms with van der Waals surface area (Å²) in [5, 5.41) is 12.7. The molecular weight excluding hydrogens is 324 g/mol. The lowest BCUT2D eigenvalue weighted by Crippen LogP contribution is -2.15. The molecule has 0 saturated carbocycles. The Morgan fingerprint density at radius 1 is 1.33 bits per heavy atom. The molecule has 24 heavy (non-hydrogen) atoms. The number of pyridine rings is 2. The number of rotatable bonds is 6. The third-order valence-electron chi connectivity index (χ3n) is 3.10. The highest BCUT2D eigenvalue weighted by molar-refractivity contribution is 8.00. The summed E-state index contributed by atoms with van der Waals surface area (Å²) in [6.07, 6.45) is 0. The first-order chi connectivity index (χ1) is 11.5. The maximum absolute atomic E-state index is 12.1. The molecule has 0 spiro atoms. The number of ether oxygens (including phenoxy) is 1. The van der Waals surface area contributed by atoms with Gasteiger partial charge in [-0.2, -0.15) is 5.26 Å². The molecule has 6 nitrogen and oxygen atoms in total. The number of methoxy groups -OCH3 is 1. The molecule has 7 heteroatoms. The van der Waals surface area contributed by atoms with Crippen LogP contribution in [-0.4, -0.2) is 28.7 Å². The minimum Gasteiger partial charge on any atom is -0.380 e. The molecule has 0 radical (unpaired) electrons. The fourth-order valence-corrected chi connectivity index (χ4v) is 3.00. The van der Waals surface area contributed by atoms with Crippen molar-refractivity contribution in [3.05, 3.63) is 46.8 Å². The molecule has 0 aliphatic heterocycles.